The third-order valence-electron chi connectivity index (χ3n) is 11.3. The van der Waals surface area contributed by atoms with Crippen LogP contribution in [0.3, 0.4) is 0 Å². The molecule has 1 heterocycles. The zero-order chi connectivity index (χ0) is 33.8. The summed E-state index contributed by atoms with van der Waals surface area (Å²) in [6.45, 7) is 9.35. The number of hydrogen-bond donors (Lipinski definition) is 0. The van der Waals surface area contributed by atoms with Gasteiger partial charge in [-0.25, -0.2) is 4.98 Å². The van der Waals surface area contributed by atoms with Crippen molar-refractivity contribution in [3.8, 4) is 33.7 Å². The predicted molar refractivity (Wildman–Crippen MR) is 207 cm³/mol. The van der Waals surface area contributed by atoms with E-state index in [0.717, 1.165) is 44.5 Å². The van der Waals surface area contributed by atoms with Crippen LogP contribution in [0, 0.1) is 0 Å². The highest BCUT2D eigenvalue weighted by Crippen LogP contribution is 2.53. The number of nitrogens with zero attached hydrogens (tertiary/aromatic N) is 2. The Morgan fingerprint density at radius 3 is 1.68 bits per heavy atom. The Hall–Kier alpha value is -5.93. The number of benzene rings is 7. The summed E-state index contributed by atoms with van der Waals surface area (Å²) in [6, 6.07) is 52.7. The summed E-state index contributed by atoms with van der Waals surface area (Å²) in [5.41, 5.74) is 16.4. The van der Waals surface area contributed by atoms with Crippen LogP contribution in [0.4, 0.5) is 17.1 Å². The molecule has 0 spiro atoms. The lowest BCUT2D eigenvalue weighted by molar-refractivity contribution is 0.623. The number of rotatable bonds is 4. The van der Waals surface area contributed by atoms with Crippen LogP contribution >= 0.6 is 0 Å². The van der Waals surface area contributed by atoms with Gasteiger partial charge in [-0.15, -0.1) is 0 Å². The van der Waals surface area contributed by atoms with Crippen LogP contribution < -0.4 is 4.90 Å². The van der Waals surface area contributed by atoms with Gasteiger partial charge in [-0.1, -0.05) is 125 Å². The maximum Gasteiger partial charge on any atom is 0.227 e. The van der Waals surface area contributed by atoms with Gasteiger partial charge in [-0.3, -0.25) is 0 Å². The molecule has 0 saturated carbocycles. The normalized spacial score (nSPS) is 14.7. The van der Waals surface area contributed by atoms with Gasteiger partial charge < -0.3 is 9.32 Å². The molecule has 0 atom stereocenters. The SMILES string of the molecule is CC1(C)c2ccccc2-c2cc(N(c3ccc4c(c3)-c3ccccc3C4(C)C)c3cccc4ccc5nc(-c6ccccc6)oc5c34)ccc21. The Morgan fingerprint density at radius 1 is 0.500 bits per heavy atom. The smallest absolute Gasteiger partial charge is 0.227 e. The molecule has 7 aromatic carbocycles. The molecule has 0 radical (unpaired) electrons. The minimum absolute atomic E-state index is 0.0720. The Balaban J connectivity index is 1.25. The van der Waals surface area contributed by atoms with Crippen molar-refractivity contribution in [2.24, 2.45) is 0 Å². The molecule has 240 valence electrons. The molecule has 0 aliphatic heterocycles. The first-order valence-electron chi connectivity index (χ1n) is 17.5. The second-order valence-corrected chi connectivity index (χ2v) is 14.8. The fourth-order valence-corrected chi connectivity index (χ4v) is 8.75. The third-order valence-corrected chi connectivity index (χ3v) is 11.3. The van der Waals surface area contributed by atoms with E-state index in [9.17, 15) is 0 Å². The number of aromatic nitrogens is 1. The van der Waals surface area contributed by atoms with Gasteiger partial charge >= 0.3 is 0 Å². The van der Waals surface area contributed by atoms with E-state index >= 15 is 0 Å². The quantitative estimate of drug-likeness (QED) is 0.191. The van der Waals surface area contributed by atoms with Crippen LogP contribution in [0.1, 0.15) is 49.9 Å². The minimum Gasteiger partial charge on any atom is -0.435 e. The molecule has 0 amide bonds. The largest absolute Gasteiger partial charge is 0.435 e. The molecule has 0 bridgehead atoms. The summed E-state index contributed by atoms with van der Waals surface area (Å²) in [5.74, 6) is 0.627. The van der Waals surface area contributed by atoms with Gasteiger partial charge in [0.25, 0.3) is 0 Å². The van der Waals surface area contributed by atoms with E-state index in [1.165, 1.54) is 44.5 Å². The van der Waals surface area contributed by atoms with Gasteiger partial charge in [0.1, 0.15) is 5.52 Å². The first kappa shape index (κ1) is 29.0. The van der Waals surface area contributed by atoms with E-state index in [1.807, 2.05) is 30.3 Å². The lowest BCUT2D eigenvalue weighted by atomic mass is 9.82. The monoisotopic (exact) mass is 644 g/mol. The molecule has 3 nitrogen and oxygen atoms in total. The van der Waals surface area contributed by atoms with E-state index in [2.05, 4.69) is 148 Å². The maximum absolute atomic E-state index is 6.69. The lowest BCUT2D eigenvalue weighted by Crippen LogP contribution is -2.16. The molecule has 0 saturated heterocycles. The molecule has 1 aromatic heterocycles. The molecule has 2 aliphatic rings. The van der Waals surface area contributed by atoms with E-state index < -0.39 is 0 Å². The summed E-state index contributed by atoms with van der Waals surface area (Å²) in [6.07, 6.45) is 0. The molecule has 0 fully saturated rings. The Labute approximate surface area is 292 Å². The number of anilines is 3. The lowest BCUT2D eigenvalue weighted by Gasteiger charge is -2.29. The molecule has 8 aromatic rings. The van der Waals surface area contributed by atoms with Crippen LogP contribution in [-0.4, -0.2) is 4.98 Å². The molecule has 10 rings (SSSR count). The van der Waals surface area contributed by atoms with Gasteiger partial charge in [0.05, 0.1) is 11.1 Å². The first-order chi connectivity index (χ1) is 24.3. The van der Waals surface area contributed by atoms with E-state index in [0.29, 0.717) is 5.89 Å². The molecule has 0 unspecified atom stereocenters. The fourth-order valence-electron chi connectivity index (χ4n) is 8.75. The topological polar surface area (TPSA) is 29.3 Å². The van der Waals surface area contributed by atoms with Gasteiger partial charge in [0.2, 0.25) is 5.89 Å². The highest BCUT2D eigenvalue weighted by molar-refractivity contribution is 6.12. The molecular weight excluding hydrogens is 609 g/mol. The van der Waals surface area contributed by atoms with Gasteiger partial charge in [0, 0.05) is 27.8 Å². The highest BCUT2D eigenvalue weighted by Gasteiger charge is 2.37. The van der Waals surface area contributed by atoms with Crippen molar-refractivity contribution < 1.29 is 4.42 Å². The summed E-state index contributed by atoms with van der Waals surface area (Å²) < 4.78 is 6.69. The average Bonchev–Trinajstić information content (AvgIpc) is 3.76. The average molecular weight is 645 g/mol. The molecule has 2 aliphatic carbocycles. The summed E-state index contributed by atoms with van der Waals surface area (Å²) in [7, 11) is 0. The molecule has 3 heteroatoms. The Morgan fingerprint density at radius 2 is 1.06 bits per heavy atom. The number of hydrogen-bond acceptors (Lipinski definition) is 3. The van der Waals surface area contributed by atoms with Crippen molar-refractivity contribution in [3.05, 3.63) is 168 Å². The summed E-state index contributed by atoms with van der Waals surface area (Å²) >= 11 is 0. The van der Waals surface area contributed by atoms with Crippen LogP contribution in [0.25, 0.3) is 55.6 Å². The Kier molecular flexibility index (Phi) is 5.97. The van der Waals surface area contributed by atoms with Crippen molar-refractivity contribution >= 4 is 38.9 Å². The molecular formula is C47H36N2O. The standard InChI is InChI=1S/C47H36N2O/c1-46(2)37-18-10-8-16-33(37)35-27-31(22-24-39(35)46)49(32-23-25-40-36(28-32)34-17-9-11-19-38(34)47(40,3)4)42-20-12-15-29-21-26-41-44(43(29)42)50-45(48-41)30-13-6-5-7-14-30/h5-28H,1-4H3. The maximum atomic E-state index is 6.69. The Bertz CT molecular complexity index is 2550. The third kappa shape index (κ3) is 4.01. The summed E-state index contributed by atoms with van der Waals surface area (Å²) in [4.78, 5) is 7.40. The van der Waals surface area contributed by atoms with Crippen LogP contribution in [-0.2, 0) is 10.8 Å². The molecule has 0 N–H and O–H groups in total. The van der Waals surface area contributed by atoms with Crippen LogP contribution in [0.15, 0.2) is 150 Å². The van der Waals surface area contributed by atoms with Crippen molar-refractivity contribution in [3.63, 3.8) is 0 Å². The number of fused-ring (bicyclic) bond motifs is 9. The number of oxazole rings is 1. The van der Waals surface area contributed by atoms with Crippen molar-refractivity contribution in [2.75, 3.05) is 4.90 Å². The zero-order valence-corrected chi connectivity index (χ0v) is 28.7. The van der Waals surface area contributed by atoms with Gasteiger partial charge in [-0.2, -0.15) is 0 Å². The van der Waals surface area contributed by atoms with Gasteiger partial charge in [-0.05, 0) is 98.4 Å². The summed E-state index contributed by atoms with van der Waals surface area (Å²) in [5, 5.41) is 2.15. The van der Waals surface area contributed by atoms with Crippen molar-refractivity contribution in [1.29, 1.82) is 0 Å². The molecule has 50 heavy (non-hydrogen) atoms. The second-order valence-electron chi connectivity index (χ2n) is 14.8. The second kappa shape index (κ2) is 10.3. The first-order valence-corrected chi connectivity index (χ1v) is 17.5. The van der Waals surface area contributed by atoms with Crippen LogP contribution in [0.2, 0.25) is 0 Å². The van der Waals surface area contributed by atoms with E-state index in [-0.39, 0.29) is 10.8 Å². The predicted octanol–water partition coefficient (Wildman–Crippen LogP) is 12.7. The van der Waals surface area contributed by atoms with Crippen molar-refractivity contribution in [1.82, 2.24) is 4.98 Å². The minimum atomic E-state index is -0.0720. The van der Waals surface area contributed by atoms with Crippen LogP contribution in [0.5, 0.6) is 0 Å². The van der Waals surface area contributed by atoms with E-state index in [1.54, 1.807) is 0 Å². The fraction of sp³-hybridized carbons (Fsp3) is 0.128. The van der Waals surface area contributed by atoms with Crippen molar-refractivity contribution in [2.45, 2.75) is 38.5 Å². The van der Waals surface area contributed by atoms with Gasteiger partial charge in [0.15, 0.2) is 5.58 Å². The zero-order valence-electron chi connectivity index (χ0n) is 28.7. The van der Waals surface area contributed by atoms with E-state index in [4.69, 9.17) is 9.40 Å². The highest BCUT2D eigenvalue weighted by atomic mass is 16.3.